The molecular formula is C12H20N4. The molecular weight excluding hydrogens is 200 g/mol. The van der Waals surface area contributed by atoms with Crippen molar-refractivity contribution in [3.8, 4) is 0 Å². The Bertz CT molecular complexity index is 375. The van der Waals surface area contributed by atoms with Crippen LogP contribution in [0.15, 0.2) is 0 Å². The fourth-order valence-corrected chi connectivity index (χ4v) is 2.11. The maximum absolute atomic E-state index is 5.76. The Morgan fingerprint density at radius 3 is 2.25 bits per heavy atom. The second-order valence-electron chi connectivity index (χ2n) is 5.61. The lowest BCUT2D eigenvalue weighted by Crippen LogP contribution is -2.20. The normalized spacial score (nSPS) is 17.9. The number of nitrogens with two attached hydrogens (primary N) is 1. The Labute approximate surface area is 96.7 Å². The van der Waals surface area contributed by atoms with E-state index in [0.717, 1.165) is 11.6 Å². The van der Waals surface area contributed by atoms with Crippen LogP contribution in [0.5, 0.6) is 0 Å². The van der Waals surface area contributed by atoms with E-state index in [-0.39, 0.29) is 5.41 Å². The van der Waals surface area contributed by atoms with Gasteiger partial charge in [0.1, 0.15) is 11.6 Å². The molecule has 1 aromatic heterocycles. The molecule has 0 atom stereocenters. The summed E-state index contributed by atoms with van der Waals surface area (Å²) < 4.78 is 0. The third-order valence-corrected chi connectivity index (χ3v) is 3.06. The number of hydrogen-bond donors (Lipinski definition) is 1. The van der Waals surface area contributed by atoms with Crippen molar-refractivity contribution in [1.29, 1.82) is 0 Å². The van der Waals surface area contributed by atoms with Gasteiger partial charge in [0.05, 0.1) is 0 Å². The first-order valence-corrected chi connectivity index (χ1v) is 5.99. The van der Waals surface area contributed by atoms with Gasteiger partial charge in [-0.2, -0.15) is 9.97 Å². The SMILES string of the molecule is CC(C)(C)c1nc(N)nc(C2CCCC2)n1. The van der Waals surface area contributed by atoms with Crippen molar-refractivity contribution in [2.75, 3.05) is 5.73 Å². The number of rotatable bonds is 1. The molecule has 1 heterocycles. The highest BCUT2D eigenvalue weighted by molar-refractivity contribution is 5.20. The van der Waals surface area contributed by atoms with Gasteiger partial charge in [0, 0.05) is 11.3 Å². The lowest BCUT2D eigenvalue weighted by atomic mass is 9.95. The van der Waals surface area contributed by atoms with E-state index in [2.05, 4.69) is 35.7 Å². The summed E-state index contributed by atoms with van der Waals surface area (Å²) in [5.74, 6) is 2.56. The van der Waals surface area contributed by atoms with Gasteiger partial charge in [-0.15, -0.1) is 0 Å². The molecule has 0 spiro atoms. The van der Waals surface area contributed by atoms with Crippen LogP contribution in [0.3, 0.4) is 0 Å². The predicted octanol–water partition coefficient (Wildman–Crippen LogP) is 2.41. The number of anilines is 1. The van der Waals surface area contributed by atoms with Crippen molar-refractivity contribution in [3.05, 3.63) is 11.6 Å². The highest BCUT2D eigenvalue weighted by Crippen LogP contribution is 2.33. The molecule has 0 aliphatic heterocycles. The lowest BCUT2D eigenvalue weighted by molar-refractivity contribution is 0.528. The minimum absolute atomic E-state index is 0.0651. The van der Waals surface area contributed by atoms with Crippen molar-refractivity contribution < 1.29 is 0 Å². The van der Waals surface area contributed by atoms with Gasteiger partial charge in [0.2, 0.25) is 5.95 Å². The summed E-state index contributed by atoms with van der Waals surface area (Å²) in [7, 11) is 0. The third-order valence-electron chi connectivity index (χ3n) is 3.06. The van der Waals surface area contributed by atoms with E-state index in [1.54, 1.807) is 0 Å². The van der Waals surface area contributed by atoms with Crippen LogP contribution in [0.1, 0.15) is 64.0 Å². The molecule has 1 aromatic rings. The van der Waals surface area contributed by atoms with Crippen molar-refractivity contribution in [2.45, 2.75) is 57.8 Å². The Morgan fingerprint density at radius 1 is 1.06 bits per heavy atom. The maximum atomic E-state index is 5.76. The molecule has 1 fully saturated rings. The number of nitrogens with zero attached hydrogens (tertiary/aromatic N) is 3. The minimum Gasteiger partial charge on any atom is -0.368 e. The van der Waals surface area contributed by atoms with E-state index in [0.29, 0.717) is 11.9 Å². The molecule has 1 aliphatic rings. The Balaban J connectivity index is 2.35. The average molecular weight is 220 g/mol. The summed E-state index contributed by atoms with van der Waals surface area (Å²) in [6, 6.07) is 0. The summed E-state index contributed by atoms with van der Waals surface area (Å²) in [6.45, 7) is 6.29. The van der Waals surface area contributed by atoms with Gasteiger partial charge in [-0.1, -0.05) is 33.6 Å². The van der Waals surface area contributed by atoms with Crippen molar-refractivity contribution >= 4 is 5.95 Å². The predicted molar refractivity (Wildman–Crippen MR) is 64.1 cm³/mol. The summed E-state index contributed by atoms with van der Waals surface area (Å²) in [5, 5.41) is 0. The monoisotopic (exact) mass is 220 g/mol. The molecule has 4 nitrogen and oxygen atoms in total. The topological polar surface area (TPSA) is 64.7 Å². The molecule has 0 aromatic carbocycles. The van der Waals surface area contributed by atoms with E-state index >= 15 is 0 Å². The molecule has 0 radical (unpaired) electrons. The first-order valence-electron chi connectivity index (χ1n) is 5.99. The van der Waals surface area contributed by atoms with Crippen LogP contribution in [-0.4, -0.2) is 15.0 Å². The molecule has 0 amide bonds. The summed E-state index contributed by atoms with van der Waals surface area (Å²) in [6.07, 6.45) is 4.93. The van der Waals surface area contributed by atoms with Gasteiger partial charge in [0.15, 0.2) is 0 Å². The number of aromatic nitrogens is 3. The second-order valence-corrected chi connectivity index (χ2v) is 5.61. The van der Waals surface area contributed by atoms with Crippen LogP contribution >= 0.6 is 0 Å². The lowest BCUT2D eigenvalue weighted by Gasteiger charge is -2.18. The van der Waals surface area contributed by atoms with Crippen LogP contribution < -0.4 is 5.73 Å². The second kappa shape index (κ2) is 4.00. The third kappa shape index (κ3) is 2.31. The standard InChI is InChI=1S/C12H20N4/c1-12(2,3)10-14-9(15-11(13)16-10)8-6-4-5-7-8/h8H,4-7H2,1-3H3,(H2,13,14,15,16). The van der Waals surface area contributed by atoms with Crippen molar-refractivity contribution in [1.82, 2.24) is 15.0 Å². The molecule has 0 unspecified atom stereocenters. The van der Waals surface area contributed by atoms with Gasteiger partial charge in [-0.3, -0.25) is 0 Å². The van der Waals surface area contributed by atoms with Crippen molar-refractivity contribution in [3.63, 3.8) is 0 Å². The quantitative estimate of drug-likeness (QED) is 0.789. The Morgan fingerprint density at radius 2 is 1.69 bits per heavy atom. The largest absolute Gasteiger partial charge is 0.368 e. The summed E-state index contributed by atoms with van der Waals surface area (Å²) >= 11 is 0. The molecule has 0 saturated heterocycles. The molecule has 2 rings (SSSR count). The minimum atomic E-state index is -0.0651. The fourth-order valence-electron chi connectivity index (χ4n) is 2.11. The zero-order valence-electron chi connectivity index (χ0n) is 10.3. The van der Waals surface area contributed by atoms with E-state index in [4.69, 9.17) is 5.73 Å². The first kappa shape index (κ1) is 11.3. The molecule has 88 valence electrons. The molecule has 1 saturated carbocycles. The van der Waals surface area contributed by atoms with Gasteiger partial charge < -0.3 is 5.73 Å². The van der Waals surface area contributed by atoms with Gasteiger partial charge >= 0.3 is 0 Å². The summed E-state index contributed by atoms with van der Waals surface area (Å²) in [4.78, 5) is 13.1. The zero-order valence-corrected chi connectivity index (χ0v) is 10.3. The molecule has 1 aliphatic carbocycles. The van der Waals surface area contributed by atoms with E-state index in [1.165, 1.54) is 25.7 Å². The highest BCUT2D eigenvalue weighted by Gasteiger charge is 2.24. The van der Waals surface area contributed by atoms with Crippen LogP contribution in [0.4, 0.5) is 5.95 Å². The van der Waals surface area contributed by atoms with Crippen molar-refractivity contribution in [2.24, 2.45) is 0 Å². The zero-order chi connectivity index (χ0) is 11.8. The maximum Gasteiger partial charge on any atom is 0.223 e. The molecule has 2 N–H and O–H groups in total. The van der Waals surface area contributed by atoms with Crippen LogP contribution in [0.2, 0.25) is 0 Å². The molecule has 4 heteroatoms. The Hall–Kier alpha value is -1.19. The van der Waals surface area contributed by atoms with Gasteiger partial charge in [0.25, 0.3) is 0 Å². The average Bonchev–Trinajstić information content (AvgIpc) is 2.68. The fraction of sp³-hybridized carbons (Fsp3) is 0.750. The van der Waals surface area contributed by atoms with E-state index in [9.17, 15) is 0 Å². The smallest absolute Gasteiger partial charge is 0.223 e. The summed E-state index contributed by atoms with van der Waals surface area (Å²) in [5.41, 5.74) is 5.70. The van der Waals surface area contributed by atoms with Crippen LogP contribution in [-0.2, 0) is 5.41 Å². The number of hydrogen-bond acceptors (Lipinski definition) is 4. The Kier molecular flexibility index (Phi) is 2.82. The van der Waals surface area contributed by atoms with E-state index in [1.807, 2.05) is 0 Å². The molecule has 16 heavy (non-hydrogen) atoms. The number of nitrogen functional groups attached to an aromatic ring is 1. The van der Waals surface area contributed by atoms with Crippen LogP contribution in [0.25, 0.3) is 0 Å². The highest BCUT2D eigenvalue weighted by atomic mass is 15.1. The first-order chi connectivity index (χ1) is 7.47. The molecule has 0 bridgehead atoms. The van der Waals surface area contributed by atoms with Gasteiger partial charge in [-0.05, 0) is 12.8 Å². The van der Waals surface area contributed by atoms with Crippen LogP contribution in [0, 0.1) is 0 Å². The van der Waals surface area contributed by atoms with Gasteiger partial charge in [-0.25, -0.2) is 4.98 Å². The van der Waals surface area contributed by atoms with E-state index < -0.39 is 0 Å².